The molecular formula is C12H9IN6. The number of nitrogens with one attached hydrogen (secondary N) is 1. The zero-order valence-corrected chi connectivity index (χ0v) is 11.9. The molecule has 0 spiro atoms. The van der Waals surface area contributed by atoms with E-state index in [2.05, 4.69) is 48.7 Å². The molecule has 0 amide bonds. The maximum Gasteiger partial charge on any atom is 0.141 e. The van der Waals surface area contributed by atoms with Crippen molar-refractivity contribution in [3.05, 3.63) is 31.0 Å². The Bertz CT molecular complexity index is 753. The lowest BCUT2D eigenvalue weighted by Gasteiger charge is -2.04. The Morgan fingerprint density at radius 1 is 1.47 bits per heavy atom. The number of aromatic amines is 1. The number of halogens is 1. The molecule has 0 radical (unpaired) electrons. The molecule has 0 aromatic carbocycles. The third-order valence-corrected chi connectivity index (χ3v) is 3.79. The standard InChI is InChI=1S/C12H9IN6/c13-10(1-3-14)19-6-8(5-18-19)11-9-2-4-15-12(9)17-7-16-11/h2,4-7,10H,1H2,(H,15,16,17). The second-order valence-corrected chi connectivity index (χ2v) is 5.41. The molecule has 0 aliphatic rings. The van der Waals surface area contributed by atoms with Gasteiger partial charge in [-0.15, -0.1) is 0 Å². The normalized spacial score (nSPS) is 12.4. The molecule has 94 valence electrons. The van der Waals surface area contributed by atoms with E-state index in [1.54, 1.807) is 10.9 Å². The summed E-state index contributed by atoms with van der Waals surface area (Å²) in [6, 6.07) is 4.08. The summed E-state index contributed by atoms with van der Waals surface area (Å²) >= 11 is 2.20. The van der Waals surface area contributed by atoms with Crippen LogP contribution in [0.2, 0.25) is 0 Å². The first-order valence-corrected chi connectivity index (χ1v) is 6.88. The fourth-order valence-electron chi connectivity index (χ4n) is 1.88. The zero-order chi connectivity index (χ0) is 13.2. The van der Waals surface area contributed by atoms with Crippen LogP contribution in [0.4, 0.5) is 0 Å². The van der Waals surface area contributed by atoms with Crippen LogP contribution in [0.15, 0.2) is 31.0 Å². The quantitative estimate of drug-likeness (QED) is 0.572. The average molecular weight is 364 g/mol. The van der Waals surface area contributed by atoms with Crippen molar-refractivity contribution >= 4 is 33.6 Å². The molecule has 0 aliphatic heterocycles. The summed E-state index contributed by atoms with van der Waals surface area (Å²) < 4.78 is 1.81. The first-order chi connectivity index (χ1) is 9.29. The van der Waals surface area contributed by atoms with Crippen LogP contribution in [0.3, 0.4) is 0 Å². The van der Waals surface area contributed by atoms with Crippen molar-refractivity contribution in [2.45, 2.75) is 10.5 Å². The molecule has 3 aromatic rings. The molecule has 3 aromatic heterocycles. The zero-order valence-electron chi connectivity index (χ0n) is 9.79. The van der Waals surface area contributed by atoms with Crippen LogP contribution in [0.5, 0.6) is 0 Å². The van der Waals surface area contributed by atoms with Crippen molar-refractivity contribution in [3.63, 3.8) is 0 Å². The van der Waals surface area contributed by atoms with E-state index < -0.39 is 0 Å². The molecule has 6 nitrogen and oxygen atoms in total. The van der Waals surface area contributed by atoms with Gasteiger partial charge in [-0.05, 0) is 6.07 Å². The number of rotatable bonds is 3. The van der Waals surface area contributed by atoms with E-state index in [0.717, 1.165) is 22.3 Å². The minimum absolute atomic E-state index is 0.0277. The summed E-state index contributed by atoms with van der Waals surface area (Å²) in [7, 11) is 0. The second kappa shape index (κ2) is 4.97. The molecule has 0 bridgehead atoms. The topological polar surface area (TPSA) is 83.2 Å². The van der Waals surface area contributed by atoms with Gasteiger partial charge in [0.2, 0.25) is 0 Å². The molecule has 0 saturated heterocycles. The highest BCUT2D eigenvalue weighted by atomic mass is 127. The Morgan fingerprint density at radius 3 is 3.21 bits per heavy atom. The molecule has 1 unspecified atom stereocenters. The maximum absolute atomic E-state index is 8.71. The fraction of sp³-hybridized carbons (Fsp3) is 0.167. The van der Waals surface area contributed by atoms with Gasteiger partial charge < -0.3 is 4.98 Å². The van der Waals surface area contributed by atoms with Crippen molar-refractivity contribution in [2.24, 2.45) is 0 Å². The molecule has 1 N–H and O–H groups in total. The Hall–Kier alpha value is -1.95. The minimum atomic E-state index is 0.0277. The fourth-order valence-corrected chi connectivity index (χ4v) is 2.39. The monoisotopic (exact) mass is 364 g/mol. The molecule has 1 atom stereocenters. The predicted molar refractivity (Wildman–Crippen MR) is 78.4 cm³/mol. The number of aromatic nitrogens is 5. The van der Waals surface area contributed by atoms with E-state index in [9.17, 15) is 0 Å². The smallest absolute Gasteiger partial charge is 0.141 e. The van der Waals surface area contributed by atoms with Gasteiger partial charge in [-0.25, -0.2) is 9.97 Å². The van der Waals surface area contributed by atoms with E-state index >= 15 is 0 Å². The van der Waals surface area contributed by atoms with Crippen LogP contribution in [-0.2, 0) is 0 Å². The van der Waals surface area contributed by atoms with E-state index in [0.29, 0.717) is 6.42 Å². The van der Waals surface area contributed by atoms with Gasteiger partial charge in [0.25, 0.3) is 0 Å². The first kappa shape index (κ1) is 12.1. The summed E-state index contributed by atoms with van der Waals surface area (Å²) in [4.78, 5) is 11.5. The summed E-state index contributed by atoms with van der Waals surface area (Å²) in [6.45, 7) is 0. The molecule has 0 aliphatic carbocycles. The molecule has 0 saturated carbocycles. The Balaban J connectivity index is 2.03. The highest BCUT2D eigenvalue weighted by Gasteiger charge is 2.12. The van der Waals surface area contributed by atoms with Crippen LogP contribution in [0, 0.1) is 11.3 Å². The average Bonchev–Trinajstić information content (AvgIpc) is 3.07. The van der Waals surface area contributed by atoms with Gasteiger partial charge in [-0.2, -0.15) is 10.4 Å². The van der Waals surface area contributed by atoms with E-state index in [1.165, 1.54) is 6.33 Å². The van der Waals surface area contributed by atoms with Gasteiger partial charge >= 0.3 is 0 Å². The lowest BCUT2D eigenvalue weighted by Crippen LogP contribution is -2.00. The number of alkyl halides is 1. The lowest BCUT2D eigenvalue weighted by atomic mass is 10.2. The third kappa shape index (κ3) is 2.19. The Morgan fingerprint density at radius 2 is 2.37 bits per heavy atom. The van der Waals surface area contributed by atoms with Gasteiger partial charge in [0.05, 0.1) is 24.4 Å². The van der Waals surface area contributed by atoms with Crippen molar-refractivity contribution < 1.29 is 0 Å². The number of hydrogen-bond donors (Lipinski definition) is 1. The van der Waals surface area contributed by atoms with Gasteiger partial charge in [-0.1, -0.05) is 22.6 Å². The van der Waals surface area contributed by atoms with Crippen LogP contribution < -0.4 is 0 Å². The number of fused-ring (bicyclic) bond motifs is 1. The van der Waals surface area contributed by atoms with Gasteiger partial charge in [0.15, 0.2) is 0 Å². The number of hydrogen-bond acceptors (Lipinski definition) is 4. The van der Waals surface area contributed by atoms with E-state index in [4.69, 9.17) is 5.26 Å². The summed E-state index contributed by atoms with van der Waals surface area (Å²) in [5.74, 6) is 0. The third-order valence-electron chi connectivity index (χ3n) is 2.78. The van der Waals surface area contributed by atoms with Crippen molar-refractivity contribution in [2.75, 3.05) is 0 Å². The summed E-state index contributed by atoms with van der Waals surface area (Å²) in [5.41, 5.74) is 2.57. The van der Waals surface area contributed by atoms with Crippen molar-refractivity contribution in [3.8, 4) is 17.3 Å². The highest BCUT2D eigenvalue weighted by molar-refractivity contribution is 14.1. The highest BCUT2D eigenvalue weighted by Crippen LogP contribution is 2.26. The van der Waals surface area contributed by atoms with E-state index in [1.807, 2.05) is 18.5 Å². The van der Waals surface area contributed by atoms with Crippen molar-refractivity contribution in [1.82, 2.24) is 24.7 Å². The first-order valence-electron chi connectivity index (χ1n) is 5.63. The lowest BCUT2D eigenvalue weighted by molar-refractivity contribution is 0.633. The predicted octanol–water partition coefficient (Wildman–Crippen LogP) is 2.67. The minimum Gasteiger partial charge on any atom is -0.346 e. The molecular weight excluding hydrogens is 355 g/mol. The molecule has 7 heteroatoms. The Kier molecular flexibility index (Phi) is 3.16. The summed E-state index contributed by atoms with van der Waals surface area (Å²) in [5, 5.41) is 14.0. The van der Waals surface area contributed by atoms with Crippen LogP contribution in [0.25, 0.3) is 22.3 Å². The van der Waals surface area contributed by atoms with Crippen LogP contribution in [-0.4, -0.2) is 24.7 Å². The largest absolute Gasteiger partial charge is 0.346 e. The van der Waals surface area contributed by atoms with Gasteiger partial charge in [-0.3, -0.25) is 4.68 Å². The van der Waals surface area contributed by atoms with Crippen LogP contribution in [0.1, 0.15) is 10.5 Å². The molecule has 3 rings (SSSR count). The van der Waals surface area contributed by atoms with Crippen molar-refractivity contribution in [1.29, 1.82) is 5.26 Å². The molecule has 19 heavy (non-hydrogen) atoms. The second-order valence-electron chi connectivity index (χ2n) is 3.97. The number of nitrogens with zero attached hydrogens (tertiary/aromatic N) is 5. The SMILES string of the molecule is N#CCC(I)n1cc(-c2ncnc3[nH]ccc23)cn1. The Labute approximate surface area is 122 Å². The maximum atomic E-state index is 8.71. The van der Waals surface area contributed by atoms with Gasteiger partial charge in [0, 0.05) is 23.3 Å². The van der Waals surface area contributed by atoms with Gasteiger partial charge in [0.1, 0.15) is 16.0 Å². The number of nitriles is 1. The number of H-pyrrole nitrogens is 1. The summed E-state index contributed by atoms with van der Waals surface area (Å²) in [6.07, 6.45) is 7.46. The molecule has 0 fully saturated rings. The van der Waals surface area contributed by atoms with Crippen LogP contribution >= 0.6 is 22.6 Å². The molecule has 3 heterocycles. The van der Waals surface area contributed by atoms with E-state index in [-0.39, 0.29) is 4.05 Å².